The van der Waals surface area contributed by atoms with E-state index in [0.717, 1.165) is 17.3 Å². The molecule has 0 saturated heterocycles. The van der Waals surface area contributed by atoms with Crippen molar-refractivity contribution in [1.82, 2.24) is 19.9 Å². The zero-order valence-corrected chi connectivity index (χ0v) is 14.2. The number of imidazole rings is 1. The molecule has 1 aromatic carbocycles. The van der Waals surface area contributed by atoms with Gasteiger partial charge in [-0.25, -0.2) is 9.97 Å². The maximum absolute atomic E-state index is 13.0. The van der Waals surface area contributed by atoms with Gasteiger partial charge in [-0.3, -0.25) is 0 Å². The number of nitrogens with one attached hydrogen (secondary N) is 2. The fraction of sp³-hybridized carbons (Fsp3) is 0.235. The minimum Gasteiger partial charge on any atom is -0.363 e. The zero-order valence-electron chi connectivity index (χ0n) is 14.2. The third kappa shape index (κ3) is 4.11. The van der Waals surface area contributed by atoms with Gasteiger partial charge in [0, 0.05) is 20.2 Å². The van der Waals surface area contributed by atoms with Crippen LogP contribution in [0.1, 0.15) is 11.5 Å². The summed E-state index contributed by atoms with van der Waals surface area (Å²) >= 11 is 0. The highest BCUT2D eigenvalue weighted by molar-refractivity contribution is 5.58. The van der Waals surface area contributed by atoms with Crippen LogP contribution in [-0.4, -0.2) is 34.0 Å². The van der Waals surface area contributed by atoms with Gasteiger partial charge < -0.3 is 15.2 Å². The third-order valence-corrected chi connectivity index (χ3v) is 3.59. The largest absolute Gasteiger partial charge is 0.433 e. The van der Waals surface area contributed by atoms with Gasteiger partial charge in [0.15, 0.2) is 5.69 Å². The highest BCUT2D eigenvalue weighted by Crippen LogP contribution is 2.30. The molecule has 3 aromatic rings. The van der Waals surface area contributed by atoms with Crippen LogP contribution in [0.25, 0.3) is 11.3 Å². The number of hydrogen-bond acceptors (Lipinski definition) is 5. The van der Waals surface area contributed by atoms with Crippen molar-refractivity contribution in [2.45, 2.75) is 12.7 Å². The Morgan fingerprint density at radius 1 is 1.12 bits per heavy atom. The highest BCUT2D eigenvalue weighted by atomic mass is 19.4. The summed E-state index contributed by atoms with van der Waals surface area (Å²) in [6.07, 6.45) is -2.88. The number of hydrogen-bond donors (Lipinski definition) is 2. The summed E-state index contributed by atoms with van der Waals surface area (Å²) < 4.78 is 39.0. The first-order valence-corrected chi connectivity index (χ1v) is 7.80. The summed E-state index contributed by atoms with van der Waals surface area (Å²) in [5.74, 6) is 0.622. The molecule has 0 atom stereocenters. The van der Waals surface area contributed by atoms with Gasteiger partial charge in [0.05, 0.1) is 18.4 Å². The van der Waals surface area contributed by atoms with Crippen molar-refractivity contribution in [1.29, 1.82) is 0 Å². The van der Waals surface area contributed by atoms with Gasteiger partial charge in [-0.2, -0.15) is 18.2 Å². The molecule has 0 fully saturated rings. The molecule has 0 spiro atoms. The summed E-state index contributed by atoms with van der Waals surface area (Å²) in [4.78, 5) is 16.5. The van der Waals surface area contributed by atoms with Gasteiger partial charge in [-0.15, -0.1) is 0 Å². The molecule has 0 radical (unpaired) electrons. The van der Waals surface area contributed by atoms with Gasteiger partial charge >= 0.3 is 6.18 Å². The Morgan fingerprint density at radius 3 is 2.50 bits per heavy atom. The van der Waals surface area contributed by atoms with Gasteiger partial charge in [-0.05, 0) is 5.56 Å². The number of halogens is 3. The van der Waals surface area contributed by atoms with E-state index in [1.807, 2.05) is 30.3 Å². The highest BCUT2D eigenvalue weighted by Gasteiger charge is 2.34. The molecular formula is C17H17F3N6. The molecule has 0 unspecified atom stereocenters. The smallest absolute Gasteiger partial charge is 0.363 e. The maximum atomic E-state index is 13.0. The minimum atomic E-state index is -4.55. The first-order chi connectivity index (χ1) is 12.3. The molecule has 9 heteroatoms. The molecule has 0 amide bonds. The number of rotatable bonds is 5. The van der Waals surface area contributed by atoms with Crippen molar-refractivity contribution in [2.75, 3.05) is 24.3 Å². The van der Waals surface area contributed by atoms with Crippen molar-refractivity contribution >= 4 is 11.8 Å². The molecule has 0 saturated carbocycles. The second-order valence-electron chi connectivity index (χ2n) is 5.79. The molecule has 26 heavy (non-hydrogen) atoms. The lowest BCUT2D eigenvalue weighted by atomic mass is 10.2. The van der Waals surface area contributed by atoms with E-state index in [1.54, 1.807) is 20.3 Å². The number of H-pyrrole nitrogens is 1. The third-order valence-electron chi connectivity index (χ3n) is 3.59. The average molecular weight is 362 g/mol. The van der Waals surface area contributed by atoms with Gasteiger partial charge in [0.1, 0.15) is 11.6 Å². The van der Waals surface area contributed by atoms with E-state index < -0.39 is 11.9 Å². The van der Waals surface area contributed by atoms with E-state index in [1.165, 1.54) is 4.90 Å². The topological polar surface area (TPSA) is 69.7 Å². The number of anilines is 2. The van der Waals surface area contributed by atoms with E-state index in [9.17, 15) is 13.2 Å². The van der Waals surface area contributed by atoms with Crippen LogP contribution >= 0.6 is 0 Å². The number of aromatic nitrogens is 4. The second-order valence-corrected chi connectivity index (χ2v) is 5.79. The summed E-state index contributed by atoms with van der Waals surface area (Å²) in [6, 6.07) is 10.5. The predicted octanol–water partition coefficient (Wildman–Crippen LogP) is 3.56. The number of aromatic amines is 1. The molecule has 6 nitrogen and oxygen atoms in total. The zero-order chi connectivity index (χ0) is 18.7. The van der Waals surface area contributed by atoms with Crippen molar-refractivity contribution in [2.24, 2.45) is 0 Å². The molecule has 0 bridgehead atoms. The number of nitrogens with zero attached hydrogens (tertiary/aromatic N) is 4. The lowest BCUT2D eigenvalue weighted by Gasteiger charge is -2.15. The number of alkyl halides is 3. The minimum absolute atomic E-state index is 0.110. The van der Waals surface area contributed by atoms with E-state index in [2.05, 4.69) is 25.3 Å². The van der Waals surface area contributed by atoms with Gasteiger partial charge in [0.2, 0.25) is 5.95 Å². The van der Waals surface area contributed by atoms with Crippen LogP contribution in [0.15, 0.2) is 42.6 Å². The quantitative estimate of drug-likeness (QED) is 0.726. The molecule has 0 aliphatic carbocycles. The SMILES string of the molecule is CN(C)c1cc(C(F)(F)F)nc(NCc2ncc(-c3ccccc3)[nH]2)n1. The van der Waals surface area contributed by atoms with E-state index in [4.69, 9.17) is 0 Å². The van der Waals surface area contributed by atoms with E-state index >= 15 is 0 Å². The Kier molecular flexibility index (Phi) is 4.79. The summed E-state index contributed by atoms with van der Waals surface area (Å²) in [5, 5.41) is 2.79. The Bertz CT molecular complexity index is 874. The normalized spacial score (nSPS) is 11.4. The molecule has 2 N–H and O–H groups in total. The molecular weight excluding hydrogens is 345 g/mol. The maximum Gasteiger partial charge on any atom is 0.433 e. The lowest BCUT2D eigenvalue weighted by molar-refractivity contribution is -0.141. The fourth-order valence-corrected chi connectivity index (χ4v) is 2.27. The first kappa shape index (κ1) is 17.7. The van der Waals surface area contributed by atoms with Gasteiger partial charge in [-0.1, -0.05) is 30.3 Å². The van der Waals surface area contributed by atoms with Gasteiger partial charge in [0.25, 0.3) is 0 Å². The second kappa shape index (κ2) is 7.03. The van der Waals surface area contributed by atoms with Crippen LogP contribution in [0.2, 0.25) is 0 Å². The molecule has 0 aliphatic heterocycles. The Balaban J connectivity index is 1.77. The lowest BCUT2D eigenvalue weighted by Crippen LogP contribution is -2.17. The van der Waals surface area contributed by atoms with Crippen LogP contribution in [-0.2, 0) is 12.7 Å². The van der Waals surface area contributed by atoms with Crippen LogP contribution in [0.3, 0.4) is 0 Å². The van der Waals surface area contributed by atoms with Crippen LogP contribution in [0, 0.1) is 0 Å². The van der Waals surface area contributed by atoms with Crippen molar-refractivity contribution in [3.8, 4) is 11.3 Å². The van der Waals surface area contributed by atoms with Crippen LogP contribution < -0.4 is 10.2 Å². The van der Waals surface area contributed by atoms with Crippen molar-refractivity contribution in [3.05, 3.63) is 54.1 Å². The Morgan fingerprint density at radius 2 is 1.85 bits per heavy atom. The first-order valence-electron chi connectivity index (χ1n) is 7.80. The molecule has 2 aromatic heterocycles. The Labute approximate surface area is 148 Å². The van der Waals surface area contributed by atoms with Crippen LogP contribution in [0.4, 0.5) is 24.9 Å². The summed E-state index contributed by atoms with van der Waals surface area (Å²) in [6.45, 7) is 0.168. The average Bonchev–Trinajstić information content (AvgIpc) is 3.09. The summed E-state index contributed by atoms with van der Waals surface area (Å²) in [7, 11) is 3.23. The fourth-order valence-electron chi connectivity index (χ4n) is 2.27. The molecule has 0 aliphatic rings. The van der Waals surface area contributed by atoms with E-state index in [0.29, 0.717) is 5.82 Å². The Hall–Kier alpha value is -3.10. The monoisotopic (exact) mass is 362 g/mol. The van der Waals surface area contributed by atoms with Crippen molar-refractivity contribution in [3.63, 3.8) is 0 Å². The molecule has 2 heterocycles. The molecule has 3 rings (SSSR count). The predicted molar refractivity (Wildman–Crippen MR) is 92.7 cm³/mol. The van der Waals surface area contributed by atoms with Crippen molar-refractivity contribution < 1.29 is 13.2 Å². The summed E-state index contributed by atoms with van der Waals surface area (Å²) in [5.41, 5.74) is 0.793. The standard InChI is InChI=1S/C17H17F3N6/c1-26(2)15-8-13(17(18,19)20)24-16(25-15)22-10-14-21-9-12(23-14)11-6-4-3-5-7-11/h3-9H,10H2,1-2H3,(H,21,23)(H,22,24,25). The number of benzene rings is 1. The van der Waals surface area contributed by atoms with E-state index in [-0.39, 0.29) is 18.3 Å². The molecule has 136 valence electrons. The van der Waals surface area contributed by atoms with Crippen LogP contribution in [0.5, 0.6) is 0 Å².